The zero-order valence-corrected chi connectivity index (χ0v) is 20.2. The quantitative estimate of drug-likeness (QED) is 0.498. The first-order chi connectivity index (χ1) is 14.3. The van der Waals surface area contributed by atoms with Gasteiger partial charge in [-0.2, -0.15) is 0 Å². The summed E-state index contributed by atoms with van der Waals surface area (Å²) in [5.41, 5.74) is 0.543. The summed E-state index contributed by atoms with van der Waals surface area (Å²) >= 11 is 0. The maximum Gasteiger partial charge on any atom is 0.307 e. The summed E-state index contributed by atoms with van der Waals surface area (Å²) in [5, 5.41) is 21.3. The molecule has 1 aromatic carbocycles. The van der Waals surface area contributed by atoms with Crippen LogP contribution in [0.3, 0.4) is 0 Å². The largest absolute Gasteiger partial charge is 0.543 e. The summed E-state index contributed by atoms with van der Waals surface area (Å²) in [5.74, 6) is -0.654. The van der Waals surface area contributed by atoms with Crippen LogP contribution in [0.2, 0.25) is 18.1 Å². The molecule has 2 N–H and O–H groups in total. The molecule has 1 aliphatic heterocycles. The van der Waals surface area contributed by atoms with Gasteiger partial charge in [-0.3, -0.25) is 9.59 Å². The van der Waals surface area contributed by atoms with Gasteiger partial charge in [0, 0.05) is 13.3 Å². The van der Waals surface area contributed by atoms with Gasteiger partial charge in [-0.25, -0.2) is 0 Å². The Bertz CT molecular complexity index is 788. The van der Waals surface area contributed by atoms with Crippen molar-refractivity contribution >= 4 is 20.3 Å². The van der Waals surface area contributed by atoms with Crippen molar-refractivity contribution < 1.29 is 38.4 Å². The molecular weight excluding hydrogens is 420 g/mol. The second-order valence-corrected chi connectivity index (χ2v) is 14.0. The number of carbonyl (C=O) groups excluding carboxylic acids is 2. The van der Waals surface area contributed by atoms with Crippen LogP contribution in [0.25, 0.3) is 0 Å². The molecule has 9 heteroatoms. The van der Waals surface area contributed by atoms with Crippen LogP contribution in [-0.4, -0.2) is 55.1 Å². The van der Waals surface area contributed by atoms with Gasteiger partial charge in [0.1, 0.15) is 24.1 Å². The van der Waals surface area contributed by atoms with Gasteiger partial charge in [0.15, 0.2) is 6.10 Å². The van der Waals surface area contributed by atoms with E-state index >= 15 is 0 Å². The van der Waals surface area contributed by atoms with E-state index in [4.69, 9.17) is 18.6 Å². The molecule has 174 valence electrons. The topological polar surface area (TPSA) is 112 Å². The summed E-state index contributed by atoms with van der Waals surface area (Å²) < 4.78 is 22.5. The van der Waals surface area contributed by atoms with Crippen molar-refractivity contribution in [1.82, 2.24) is 0 Å². The maximum atomic E-state index is 11.8. The second-order valence-electron chi connectivity index (χ2n) is 9.26. The fourth-order valence-electron chi connectivity index (χ4n) is 2.94. The average molecular weight is 455 g/mol. The van der Waals surface area contributed by atoms with Crippen LogP contribution in [0.15, 0.2) is 24.3 Å². The van der Waals surface area contributed by atoms with Crippen LogP contribution in [0.4, 0.5) is 0 Å². The number of ether oxygens (including phenoxy) is 3. The van der Waals surface area contributed by atoms with Crippen molar-refractivity contribution in [3.63, 3.8) is 0 Å². The second kappa shape index (κ2) is 9.68. The number of rotatable bonds is 6. The summed E-state index contributed by atoms with van der Waals surface area (Å²) in [6.07, 6.45) is -6.56. The number of carbonyl (C=O) groups is 2. The highest BCUT2D eigenvalue weighted by Crippen LogP contribution is 2.39. The molecular formula is C22H34O8Si. The molecule has 0 spiro atoms. The summed E-state index contributed by atoms with van der Waals surface area (Å²) in [6, 6.07) is 7.06. The smallest absolute Gasteiger partial charge is 0.307 e. The van der Waals surface area contributed by atoms with E-state index in [2.05, 4.69) is 33.9 Å². The standard InChI is InChI=1S/C22H34O8Si/c1-8-16(24)28-21-20(27-13(2)23)18(26)17(25)19(29-21)14-10-9-11-15(12-14)30-31(6,7)22(3,4)5/h9-12,17-21,25-26H,8H2,1-7H3/t17-,18+,19?,20-,21-/m0/s1. The predicted octanol–water partition coefficient (Wildman–Crippen LogP) is 3.07. The molecule has 31 heavy (non-hydrogen) atoms. The van der Waals surface area contributed by atoms with Crippen LogP contribution in [0.5, 0.6) is 5.75 Å². The molecule has 0 amide bonds. The molecule has 0 aliphatic carbocycles. The molecule has 1 unspecified atom stereocenters. The van der Waals surface area contributed by atoms with Gasteiger partial charge in [0.25, 0.3) is 0 Å². The molecule has 1 aromatic rings. The third kappa shape index (κ3) is 6.06. The normalized spacial score (nSPS) is 26.8. The zero-order chi connectivity index (χ0) is 23.6. The number of aliphatic hydroxyl groups excluding tert-OH is 2. The molecule has 1 fully saturated rings. The van der Waals surface area contributed by atoms with Crippen molar-refractivity contribution in [3.05, 3.63) is 29.8 Å². The van der Waals surface area contributed by atoms with E-state index in [1.807, 2.05) is 6.07 Å². The minimum absolute atomic E-state index is 0.00322. The van der Waals surface area contributed by atoms with Crippen LogP contribution < -0.4 is 4.43 Å². The first kappa shape index (κ1) is 25.3. The third-order valence-electron chi connectivity index (χ3n) is 5.75. The van der Waals surface area contributed by atoms with Crippen molar-refractivity contribution in [2.45, 2.75) is 89.9 Å². The molecule has 1 aliphatic rings. The van der Waals surface area contributed by atoms with Gasteiger partial charge >= 0.3 is 11.9 Å². The summed E-state index contributed by atoms with van der Waals surface area (Å²) in [7, 11) is -2.10. The van der Waals surface area contributed by atoms with Crippen LogP contribution >= 0.6 is 0 Å². The molecule has 0 radical (unpaired) electrons. The Morgan fingerprint density at radius 2 is 1.77 bits per heavy atom. The predicted molar refractivity (Wildman–Crippen MR) is 116 cm³/mol. The molecule has 0 saturated carbocycles. The summed E-state index contributed by atoms with van der Waals surface area (Å²) in [6.45, 7) is 13.4. The lowest BCUT2D eigenvalue weighted by atomic mass is 9.93. The Kier molecular flexibility index (Phi) is 7.91. The van der Waals surface area contributed by atoms with E-state index in [-0.39, 0.29) is 11.5 Å². The van der Waals surface area contributed by atoms with Crippen molar-refractivity contribution in [1.29, 1.82) is 0 Å². The van der Waals surface area contributed by atoms with Crippen LogP contribution in [-0.2, 0) is 23.8 Å². The minimum atomic E-state index is -2.10. The molecule has 8 nitrogen and oxygen atoms in total. The van der Waals surface area contributed by atoms with Crippen molar-refractivity contribution in [2.24, 2.45) is 0 Å². The number of aliphatic hydroxyl groups is 2. The van der Waals surface area contributed by atoms with E-state index in [1.165, 1.54) is 0 Å². The first-order valence-electron chi connectivity index (χ1n) is 10.4. The van der Waals surface area contributed by atoms with Gasteiger partial charge in [-0.15, -0.1) is 0 Å². The molecule has 0 aromatic heterocycles. The summed E-state index contributed by atoms with van der Waals surface area (Å²) in [4.78, 5) is 23.3. The van der Waals surface area contributed by atoms with Gasteiger partial charge in [-0.05, 0) is 35.8 Å². The number of hydrogen-bond acceptors (Lipinski definition) is 8. The van der Waals surface area contributed by atoms with E-state index in [1.54, 1.807) is 25.1 Å². The average Bonchev–Trinajstić information content (AvgIpc) is 2.66. The highest BCUT2D eigenvalue weighted by molar-refractivity contribution is 6.74. The van der Waals surface area contributed by atoms with E-state index in [0.29, 0.717) is 11.3 Å². The Hall–Kier alpha value is -1.94. The van der Waals surface area contributed by atoms with Crippen LogP contribution in [0, 0.1) is 0 Å². The Labute approximate surface area is 184 Å². The van der Waals surface area contributed by atoms with E-state index in [9.17, 15) is 19.8 Å². The molecule has 5 atom stereocenters. The molecule has 1 heterocycles. The van der Waals surface area contributed by atoms with Crippen molar-refractivity contribution in [3.8, 4) is 5.75 Å². The van der Waals surface area contributed by atoms with Gasteiger partial charge in [0.2, 0.25) is 14.6 Å². The SMILES string of the molecule is CCC(=O)O[C@H]1OC(c2cccc(O[Si](C)(C)C(C)(C)C)c2)[C@@H](O)[C@@H](O)[C@@H]1OC(C)=O. The Morgan fingerprint density at radius 3 is 2.32 bits per heavy atom. The third-order valence-corrected chi connectivity index (χ3v) is 10.1. The fourth-order valence-corrected chi connectivity index (χ4v) is 3.96. The molecule has 2 rings (SSSR count). The van der Waals surface area contributed by atoms with Crippen molar-refractivity contribution in [2.75, 3.05) is 0 Å². The first-order valence-corrected chi connectivity index (χ1v) is 13.3. The van der Waals surface area contributed by atoms with E-state index < -0.39 is 51.0 Å². The zero-order valence-electron chi connectivity index (χ0n) is 19.2. The lowest BCUT2D eigenvalue weighted by Gasteiger charge is -2.41. The number of esters is 2. The van der Waals surface area contributed by atoms with E-state index in [0.717, 1.165) is 6.92 Å². The lowest BCUT2D eigenvalue weighted by molar-refractivity contribution is -0.294. The monoisotopic (exact) mass is 454 g/mol. The van der Waals surface area contributed by atoms with Gasteiger partial charge in [0.05, 0.1) is 0 Å². The van der Waals surface area contributed by atoms with Gasteiger partial charge < -0.3 is 28.8 Å². The highest BCUT2D eigenvalue weighted by Gasteiger charge is 2.49. The van der Waals surface area contributed by atoms with Crippen LogP contribution in [0.1, 0.15) is 52.7 Å². The maximum absolute atomic E-state index is 11.8. The Balaban J connectivity index is 2.33. The lowest BCUT2D eigenvalue weighted by Crippen LogP contribution is -2.56. The molecule has 0 bridgehead atoms. The Morgan fingerprint density at radius 1 is 1.13 bits per heavy atom. The number of benzene rings is 1. The minimum Gasteiger partial charge on any atom is -0.543 e. The fraction of sp³-hybridized carbons (Fsp3) is 0.636. The van der Waals surface area contributed by atoms with Gasteiger partial charge in [-0.1, -0.05) is 39.8 Å². The molecule has 1 saturated heterocycles. The highest BCUT2D eigenvalue weighted by atomic mass is 28.4. The number of hydrogen-bond donors (Lipinski definition) is 2.